The first-order chi connectivity index (χ1) is 7.95. The van der Waals surface area contributed by atoms with Crippen molar-refractivity contribution in [2.75, 3.05) is 13.2 Å². The van der Waals surface area contributed by atoms with Crippen LogP contribution in [-0.2, 0) is 14.3 Å². The van der Waals surface area contributed by atoms with Crippen molar-refractivity contribution in [3.8, 4) is 0 Å². The van der Waals surface area contributed by atoms with Crippen LogP contribution in [0.3, 0.4) is 0 Å². The largest absolute Gasteiger partial charge is 0.466 e. The van der Waals surface area contributed by atoms with Gasteiger partial charge in [-0.15, -0.1) is 0 Å². The molecule has 1 heterocycles. The Morgan fingerprint density at radius 2 is 2.12 bits per heavy atom. The molecule has 6 nitrogen and oxygen atoms in total. The number of amides is 1. The molecule has 0 aromatic rings. The summed E-state index contributed by atoms with van der Waals surface area (Å²) in [7, 11) is 0. The molecule has 96 valence electrons. The van der Waals surface area contributed by atoms with Gasteiger partial charge in [0.25, 0.3) is 0 Å². The minimum absolute atomic E-state index is 0.144. The van der Waals surface area contributed by atoms with Gasteiger partial charge in [-0.05, 0) is 6.92 Å². The number of rotatable bonds is 4. The predicted molar refractivity (Wildman–Crippen MR) is 54.3 cm³/mol. The first kappa shape index (κ1) is 13.4. The molecule has 17 heavy (non-hydrogen) atoms. The summed E-state index contributed by atoms with van der Waals surface area (Å²) in [6.45, 7) is 1.42. The predicted octanol–water partition coefficient (Wildman–Crippen LogP) is 0.599. The molecule has 0 aromatic carbocycles. The number of hydrogen-bond donors (Lipinski definition) is 1. The lowest BCUT2D eigenvalue weighted by Gasteiger charge is -2.19. The van der Waals surface area contributed by atoms with Crippen molar-refractivity contribution in [1.82, 2.24) is 4.90 Å². The molecule has 1 N–H and O–H groups in total. The van der Waals surface area contributed by atoms with Gasteiger partial charge in [-0.25, -0.2) is 9.18 Å². The van der Waals surface area contributed by atoms with Gasteiger partial charge in [-0.2, -0.15) is 0 Å². The second kappa shape index (κ2) is 5.60. The fourth-order valence-corrected chi connectivity index (χ4v) is 1.77. The van der Waals surface area contributed by atoms with Gasteiger partial charge in [0.2, 0.25) is 0 Å². The zero-order chi connectivity index (χ0) is 13.0. The van der Waals surface area contributed by atoms with Crippen LogP contribution >= 0.6 is 0 Å². The minimum Gasteiger partial charge on any atom is -0.466 e. The van der Waals surface area contributed by atoms with Crippen molar-refractivity contribution in [3.63, 3.8) is 0 Å². The summed E-state index contributed by atoms with van der Waals surface area (Å²) in [6.07, 6.45) is -3.42. The van der Waals surface area contributed by atoms with Gasteiger partial charge < -0.3 is 9.84 Å². The van der Waals surface area contributed by atoms with E-state index in [1.807, 2.05) is 0 Å². The van der Waals surface area contributed by atoms with Crippen LogP contribution in [0.25, 0.3) is 0 Å². The third kappa shape index (κ3) is 3.40. The van der Waals surface area contributed by atoms with Gasteiger partial charge in [-0.3, -0.25) is 14.5 Å². The van der Waals surface area contributed by atoms with Crippen molar-refractivity contribution in [2.24, 2.45) is 0 Å². The fourth-order valence-electron chi connectivity index (χ4n) is 1.77. The Labute approximate surface area is 97.3 Å². The number of likely N-dealkylation sites (tertiary alicyclic amines) is 1. The second-order valence-electron chi connectivity index (χ2n) is 3.73. The Bertz CT molecular complexity index is 333. The number of ketones is 1. The zero-order valence-electron chi connectivity index (χ0n) is 9.39. The number of nitrogens with zero attached hydrogens (tertiary/aromatic N) is 1. The molecule has 0 aromatic heterocycles. The number of hydrogen-bond acceptors (Lipinski definition) is 4. The second-order valence-corrected chi connectivity index (χ2v) is 3.73. The zero-order valence-corrected chi connectivity index (χ0v) is 9.39. The molecule has 1 aliphatic rings. The summed E-state index contributed by atoms with van der Waals surface area (Å²) in [5.41, 5.74) is 0. The van der Waals surface area contributed by atoms with Crippen molar-refractivity contribution in [3.05, 3.63) is 0 Å². The molecule has 1 amide bonds. The minimum atomic E-state index is -1.36. The highest BCUT2D eigenvalue weighted by molar-refractivity contribution is 5.99. The van der Waals surface area contributed by atoms with E-state index in [-0.39, 0.29) is 19.6 Å². The van der Waals surface area contributed by atoms with Crippen molar-refractivity contribution in [2.45, 2.75) is 32.0 Å². The highest BCUT2D eigenvalue weighted by Gasteiger charge is 2.40. The standard InChI is InChI=1S/C10H14FNO5/c1-2-17-9(14)4-8(13)7-3-6(11)5-12(7)10(15)16/h6-7H,2-5H2,1H3,(H,15,16). The van der Waals surface area contributed by atoms with Crippen LogP contribution in [0.1, 0.15) is 19.8 Å². The fraction of sp³-hybridized carbons (Fsp3) is 0.700. The van der Waals surface area contributed by atoms with Gasteiger partial charge in [0.1, 0.15) is 12.6 Å². The van der Waals surface area contributed by atoms with Crippen LogP contribution in [0.15, 0.2) is 0 Å². The third-order valence-electron chi connectivity index (χ3n) is 2.49. The monoisotopic (exact) mass is 247 g/mol. The molecule has 0 bridgehead atoms. The Hall–Kier alpha value is -1.66. The van der Waals surface area contributed by atoms with Crippen LogP contribution < -0.4 is 0 Å². The van der Waals surface area contributed by atoms with E-state index in [1.54, 1.807) is 6.92 Å². The van der Waals surface area contributed by atoms with Crippen molar-refractivity contribution >= 4 is 17.8 Å². The van der Waals surface area contributed by atoms with E-state index in [4.69, 9.17) is 5.11 Å². The van der Waals surface area contributed by atoms with E-state index in [9.17, 15) is 18.8 Å². The third-order valence-corrected chi connectivity index (χ3v) is 2.49. The Morgan fingerprint density at radius 3 is 2.65 bits per heavy atom. The molecule has 0 aliphatic carbocycles. The van der Waals surface area contributed by atoms with Gasteiger partial charge in [0.15, 0.2) is 5.78 Å². The molecule has 0 saturated carbocycles. The van der Waals surface area contributed by atoms with E-state index in [0.29, 0.717) is 0 Å². The summed E-state index contributed by atoms with van der Waals surface area (Å²) in [5.74, 6) is -1.34. The first-order valence-corrected chi connectivity index (χ1v) is 5.27. The maximum Gasteiger partial charge on any atom is 0.408 e. The molecule has 1 aliphatic heterocycles. The van der Waals surface area contributed by atoms with E-state index >= 15 is 0 Å². The SMILES string of the molecule is CCOC(=O)CC(=O)C1CC(F)CN1C(=O)O. The number of Topliss-reactive ketones (excluding diaryl/α,β-unsaturated/α-hetero) is 1. The molecular formula is C10H14FNO5. The Kier molecular flexibility index (Phi) is 4.42. The summed E-state index contributed by atoms with van der Waals surface area (Å²) >= 11 is 0. The average molecular weight is 247 g/mol. The molecule has 0 radical (unpaired) electrons. The molecule has 1 saturated heterocycles. The number of carbonyl (C=O) groups excluding carboxylic acids is 2. The maximum absolute atomic E-state index is 13.1. The van der Waals surface area contributed by atoms with Crippen LogP contribution in [-0.4, -0.2) is 53.2 Å². The number of halogens is 1. The van der Waals surface area contributed by atoms with Crippen LogP contribution in [0.4, 0.5) is 9.18 Å². The van der Waals surface area contributed by atoms with Gasteiger partial charge in [0, 0.05) is 6.42 Å². The number of carboxylic acid groups (broad SMARTS) is 1. The first-order valence-electron chi connectivity index (χ1n) is 5.27. The molecule has 2 atom stereocenters. The van der Waals surface area contributed by atoms with Crippen LogP contribution in [0.2, 0.25) is 0 Å². The molecule has 1 rings (SSSR count). The number of esters is 1. The lowest BCUT2D eigenvalue weighted by Crippen LogP contribution is -2.40. The van der Waals surface area contributed by atoms with Crippen molar-refractivity contribution < 1.29 is 28.6 Å². The van der Waals surface area contributed by atoms with Crippen LogP contribution in [0.5, 0.6) is 0 Å². The average Bonchev–Trinajstić information content (AvgIpc) is 2.60. The summed E-state index contributed by atoms with van der Waals surface area (Å²) < 4.78 is 17.6. The van der Waals surface area contributed by atoms with Gasteiger partial charge in [-0.1, -0.05) is 0 Å². The van der Waals surface area contributed by atoms with E-state index < -0.39 is 36.5 Å². The molecule has 0 spiro atoms. The molecule has 1 fully saturated rings. The maximum atomic E-state index is 13.1. The summed E-state index contributed by atoms with van der Waals surface area (Å²) in [5, 5.41) is 8.78. The summed E-state index contributed by atoms with van der Waals surface area (Å²) in [6, 6.07) is -1.08. The molecule has 7 heteroatoms. The highest BCUT2D eigenvalue weighted by atomic mass is 19.1. The lowest BCUT2D eigenvalue weighted by molar-refractivity contribution is -0.146. The van der Waals surface area contributed by atoms with E-state index in [2.05, 4.69) is 4.74 Å². The highest BCUT2D eigenvalue weighted by Crippen LogP contribution is 2.22. The normalized spacial score (nSPS) is 23.5. The summed E-state index contributed by atoms with van der Waals surface area (Å²) in [4.78, 5) is 34.2. The molecule has 2 unspecified atom stereocenters. The number of carbonyl (C=O) groups is 3. The molecular weight excluding hydrogens is 233 g/mol. The Morgan fingerprint density at radius 1 is 1.47 bits per heavy atom. The van der Waals surface area contributed by atoms with Gasteiger partial charge in [0.05, 0.1) is 19.2 Å². The topological polar surface area (TPSA) is 83.9 Å². The van der Waals surface area contributed by atoms with E-state index in [0.717, 1.165) is 4.90 Å². The van der Waals surface area contributed by atoms with Crippen LogP contribution in [0, 0.1) is 0 Å². The van der Waals surface area contributed by atoms with E-state index in [1.165, 1.54) is 0 Å². The quantitative estimate of drug-likeness (QED) is 0.581. The number of ether oxygens (including phenoxy) is 1. The Balaban J connectivity index is 2.61. The lowest BCUT2D eigenvalue weighted by atomic mass is 10.1. The van der Waals surface area contributed by atoms with Crippen molar-refractivity contribution in [1.29, 1.82) is 0 Å². The number of alkyl halides is 1. The van der Waals surface area contributed by atoms with Gasteiger partial charge >= 0.3 is 12.1 Å². The smallest absolute Gasteiger partial charge is 0.408 e.